The third-order valence-corrected chi connectivity index (χ3v) is 5.81. The maximum atomic E-state index is 12.6. The maximum absolute atomic E-state index is 12.6. The molecule has 24 heavy (non-hydrogen) atoms. The molecule has 1 fully saturated rings. The SMILES string of the molecule is CCOc1ccccc1N1C(=O)CS(=O)(=O)[C@H]1c1ccc(Cl)cc1. The van der Waals surface area contributed by atoms with Crippen LogP contribution in [-0.2, 0) is 14.6 Å². The summed E-state index contributed by atoms with van der Waals surface area (Å²) >= 11 is 5.89. The van der Waals surface area contributed by atoms with E-state index in [4.69, 9.17) is 16.3 Å². The van der Waals surface area contributed by atoms with E-state index in [9.17, 15) is 13.2 Å². The fraction of sp³-hybridized carbons (Fsp3) is 0.235. The molecule has 0 saturated carbocycles. The Kier molecular flexibility index (Phi) is 4.51. The van der Waals surface area contributed by atoms with Gasteiger partial charge in [-0.05, 0) is 36.8 Å². The molecule has 0 bridgehead atoms. The maximum Gasteiger partial charge on any atom is 0.243 e. The lowest BCUT2D eigenvalue weighted by molar-refractivity contribution is -0.115. The molecular formula is C17H16ClNO4S. The van der Waals surface area contributed by atoms with Crippen molar-refractivity contribution >= 4 is 33.0 Å². The summed E-state index contributed by atoms with van der Waals surface area (Å²) < 4.78 is 30.7. The van der Waals surface area contributed by atoms with Crippen LogP contribution in [0, 0.1) is 0 Å². The normalized spacial score (nSPS) is 19.5. The first-order valence-corrected chi connectivity index (χ1v) is 9.54. The molecule has 0 spiro atoms. The molecule has 1 atom stereocenters. The number of hydrogen-bond donors (Lipinski definition) is 0. The minimum absolute atomic E-state index is 0.414. The third kappa shape index (κ3) is 2.99. The first-order valence-electron chi connectivity index (χ1n) is 7.45. The molecule has 1 amide bonds. The van der Waals surface area contributed by atoms with E-state index in [2.05, 4.69) is 0 Å². The second-order valence-corrected chi connectivity index (χ2v) is 7.87. The van der Waals surface area contributed by atoms with Gasteiger partial charge in [-0.25, -0.2) is 8.42 Å². The highest BCUT2D eigenvalue weighted by Gasteiger charge is 2.46. The number of carbonyl (C=O) groups excluding carboxylic acids is 1. The van der Waals surface area contributed by atoms with Crippen molar-refractivity contribution in [2.24, 2.45) is 0 Å². The number of anilines is 1. The van der Waals surface area contributed by atoms with Crippen LogP contribution in [0.15, 0.2) is 48.5 Å². The summed E-state index contributed by atoms with van der Waals surface area (Å²) in [5.74, 6) is -0.521. The van der Waals surface area contributed by atoms with Gasteiger partial charge in [0, 0.05) is 5.02 Å². The summed E-state index contributed by atoms with van der Waals surface area (Å²) in [6, 6.07) is 13.4. The average Bonchev–Trinajstić information content (AvgIpc) is 2.78. The minimum Gasteiger partial charge on any atom is -0.492 e. The number of sulfone groups is 1. The predicted molar refractivity (Wildman–Crippen MR) is 93.1 cm³/mol. The number of benzene rings is 2. The Morgan fingerprint density at radius 1 is 1.17 bits per heavy atom. The Balaban J connectivity index is 2.14. The molecule has 126 valence electrons. The summed E-state index contributed by atoms with van der Waals surface area (Å²) in [4.78, 5) is 13.8. The van der Waals surface area contributed by atoms with Crippen LogP contribution in [0.5, 0.6) is 5.75 Å². The average molecular weight is 366 g/mol. The smallest absolute Gasteiger partial charge is 0.243 e. The van der Waals surface area contributed by atoms with Crippen LogP contribution < -0.4 is 9.64 Å². The molecule has 1 aliphatic heterocycles. The zero-order valence-electron chi connectivity index (χ0n) is 13.0. The quantitative estimate of drug-likeness (QED) is 0.834. The zero-order chi connectivity index (χ0) is 17.3. The van der Waals surface area contributed by atoms with E-state index < -0.39 is 26.9 Å². The van der Waals surface area contributed by atoms with Crippen LogP contribution in [-0.4, -0.2) is 26.7 Å². The lowest BCUT2D eigenvalue weighted by atomic mass is 10.2. The van der Waals surface area contributed by atoms with Crippen molar-refractivity contribution in [3.05, 3.63) is 59.1 Å². The topological polar surface area (TPSA) is 63.7 Å². The molecule has 1 saturated heterocycles. The second-order valence-electron chi connectivity index (χ2n) is 5.38. The second kappa shape index (κ2) is 6.45. The molecule has 1 aliphatic rings. The number of para-hydroxylation sites is 2. The molecule has 0 unspecified atom stereocenters. The van der Waals surface area contributed by atoms with Gasteiger partial charge in [-0.2, -0.15) is 0 Å². The summed E-state index contributed by atoms with van der Waals surface area (Å²) in [5, 5.41) is -0.578. The van der Waals surface area contributed by atoms with Crippen molar-refractivity contribution in [2.45, 2.75) is 12.3 Å². The summed E-state index contributed by atoms with van der Waals surface area (Å²) in [6.07, 6.45) is 0. The van der Waals surface area contributed by atoms with Crippen LogP contribution in [0.4, 0.5) is 5.69 Å². The molecule has 2 aromatic carbocycles. The molecule has 0 radical (unpaired) electrons. The van der Waals surface area contributed by atoms with Gasteiger partial charge in [0.2, 0.25) is 5.91 Å². The van der Waals surface area contributed by atoms with Crippen molar-refractivity contribution in [3.8, 4) is 5.75 Å². The molecule has 0 aliphatic carbocycles. The standard InChI is InChI=1S/C17H16ClNO4S/c1-2-23-15-6-4-3-5-14(15)19-16(20)11-24(21,22)17(19)12-7-9-13(18)10-8-12/h3-10,17H,2,11H2,1H3/t17-/m0/s1. The van der Waals surface area contributed by atoms with E-state index in [-0.39, 0.29) is 0 Å². The Morgan fingerprint density at radius 2 is 1.83 bits per heavy atom. The summed E-state index contributed by atoms with van der Waals surface area (Å²) in [5.41, 5.74) is 0.946. The first kappa shape index (κ1) is 16.8. The molecule has 7 heteroatoms. The molecule has 0 aromatic heterocycles. The van der Waals surface area contributed by atoms with Crippen molar-refractivity contribution in [1.82, 2.24) is 0 Å². The van der Waals surface area contributed by atoms with E-state index >= 15 is 0 Å². The molecule has 3 rings (SSSR count). The van der Waals surface area contributed by atoms with E-state index in [1.807, 2.05) is 6.92 Å². The lowest BCUT2D eigenvalue weighted by Gasteiger charge is -2.25. The predicted octanol–water partition coefficient (Wildman–Crippen LogP) is 3.20. The van der Waals surface area contributed by atoms with Crippen molar-refractivity contribution in [2.75, 3.05) is 17.3 Å². The number of ether oxygens (including phenoxy) is 1. The van der Waals surface area contributed by atoms with Crippen LogP contribution in [0.3, 0.4) is 0 Å². The molecular weight excluding hydrogens is 350 g/mol. The number of carbonyl (C=O) groups is 1. The van der Waals surface area contributed by atoms with Crippen LogP contribution in [0.2, 0.25) is 5.02 Å². The highest BCUT2D eigenvalue weighted by molar-refractivity contribution is 7.93. The fourth-order valence-electron chi connectivity index (χ4n) is 2.79. The first-order chi connectivity index (χ1) is 11.4. The number of halogens is 1. The molecule has 2 aromatic rings. The fourth-order valence-corrected chi connectivity index (χ4v) is 4.68. The van der Waals surface area contributed by atoms with Gasteiger partial charge in [-0.3, -0.25) is 9.69 Å². The van der Waals surface area contributed by atoms with Gasteiger partial charge in [-0.1, -0.05) is 35.9 Å². The van der Waals surface area contributed by atoms with Gasteiger partial charge in [0.1, 0.15) is 11.5 Å². The third-order valence-electron chi connectivity index (χ3n) is 3.75. The van der Waals surface area contributed by atoms with Gasteiger partial charge >= 0.3 is 0 Å². The van der Waals surface area contributed by atoms with Crippen molar-refractivity contribution < 1.29 is 17.9 Å². The van der Waals surface area contributed by atoms with E-state index in [1.165, 1.54) is 4.90 Å². The number of amides is 1. The molecule has 0 N–H and O–H groups in total. The summed E-state index contributed by atoms with van der Waals surface area (Å²) in [6.45, 7) is 2.24. The van der Waals surface area contributed by atoms with E-state index in [1.54, 1.807) is 48.5 Å². The Hall–Kier alpha value is -2.05. The number of hydrogen-bond acceptors (Lipinski definition) is 4. The number of nitrogens with zero attached hydrogens (tertiary/aromatic N) is 1. The monoisotopic (exact) mass is 365 g/mol. The van der Waals surface area contributed by atoms with Crippen molar-refractivity contribution in [1.29, 1.82) is 0 Å². The van der Waals surface area contributed by atoms with E-state index in [0.717, 1.165) is 0 Å². The van der Waals surface area contributed by atoms with Gasteiger partial charge in [-0.15, -0.1) is 0 Å². The largest absolute Gasteiger partial charge is 0.492 e. The summed E-state index contributed by atoms with van der Waals surface area (Å²) in [7, 11) is -3.65. The van der Waals surface area contributed by atoms with Crippen molar-refractivity contribution in [3.63, 3.8) is 0 Å². The van der Waals surface area contributed by atoms with Gasteiger partial charge in [0.25, 0.3) is 0 Å². The Labute approximate surface area is 145 Å². The van der Waals surface area contributed by atoms with Gasteiger partial charge in [0.05, 0.1) is 12.3 Å². The molecule has 5 nitrogen and oxygen atoms in total. The van der Waals surface area contributed by atoms with E-state index in [0.29, 0.717) is 28.6 Å². The minimum atomic E-state index is -3.65. The van der Waals surface area contributed by atoms with Gasteiger partial charge in [0.15, 0.2) is 15.2 Å². The van der Waals surface area contributed by atoms with Crippen LogP contribution >= 0.6 is 11.6 Å². The zero-order valence-corrected chi connectivity index (χ0v) is 14.5. The number of rotatable bonds is 4. The Bertz CT molecular complexity index is 864. The highest BCUT2D eigenvalue weighted by atomic mass is 35.5. The highest BCUT2D eigenvalue weighted by Crippen LogP contribution is 2.41. The van der Waals surface area contributed by atoms with Gasteiger partial charge < -0.3 is 4.74 Å². The lowest BCUT2D eigenvalue weighted by Crippen LogP contribution is -2.29. The Morgan fingerprint density at radius 3 is 2.50 bits per heavy atom. The van der Waals surface area contributed by atoms with Crippen LogP contribution in [0.25, 0.3) is 0 Å². The van der Waals surface area contributed by atoms with Crippen LogP contribution in [0.1, 0.15) is 17.9 Å². The molecule has 1 heterocycles.